The molecule has 0 saturated heterocycles. The van der Waals surface area contributed by atoms with Crippen molar-refractivity contribution in [2.75, 3.05) is 24.0 Å². The van der Waals surface area contributed by atoms with Crippen molar-refractivity contribution in [2.45, 2.75) is 30.3 Å². The van der Waals surface area contributed by atoms with Crippen molar-refractivity contribution in [3.05, 3.63) is 23.0 Å². The number of anilines is 2. The SMILES string of the molecule is CCc1nc(SC)nc(N)c1C(=O)OCc1cnc(SC)nc1N. The van der Waals surface area contributed by atoms with Crippen molar-refractivity contribution < 1.29 is 9.53 Å². The molecular formula is C14H18N6O2S2. The maximum Gasteiger partial charge on any atom is 0.344 e. The Balaban J connectivity index is 2.18. The standard InChI is InChI=1S/C14H18N6O2S2/c1-4-8-9(11(16)20-14(18-8)24-3)12(21)22-6-7-5-17-13(23-2)19-10(7)15/h5H,4,6H2,1-3H3,(H2,15,17,19)(H2,16,18,20). The van der Waals surface area contributed by atoms with Gasteiger partial charge in [0.25, 0.3) is 0 Å². The van der Waals surface area contributed by atoms with Crippen LogP contribution in [0.3, 0.4) is 0 Å². The summed E-state index contributed by atoms with van der Waals surface area (Å²) in [6.45, 7) is 1.84. The number of carbonyl (C=O) groups excluding carboxylic acids is 1. The van der Waals surface area contributed by atoms with E-state index in [1.807, 2.05) is 19.4 Å². The summed E-state index contributed by atoms with van der Waals surface area (Å²) in [5.41, 5.74) is 13.0. The second-order valence-electron chi connectivity index (χ2n) is 4.61. The average molecular weight is 366 g/mol. The number of aromatic nitrogens is 4. The molecule has 0 fully saturated rings. The Morgan fingerprint density at radius 3 is 2.38 bits per heavy atom. The quantitative estimate of drug-likeness (QED) is 0.443. The van der Waals surface area contributed by atoms with E-state index in [0.29, 0.717) is 28.0 Å². The van der Waals surface area contributed by atoms with E-state index < -0.39 is 5.97 Å². The number of esters is 1. The molecule has 24 heavy (non-hydrogen) atoms. The zero-order valence-corrected chi connectivity index (χ0v) is 15.2. The van der Waals surface area contributed by atoms with Gasteiger partial charge in [-0.15, -0.1) is 0 Å². The van der Waals surface area contributed by atoms with Crippen molar-refractivity contribution >= 4 is 41.1 Å². The number of hydrogen-bond donors (Lipinski definition) is 2. The Kier molecular flexibility index (Phi) is 6.21. The van der Waals surface area contributed by atoms with Crippen LogP contribution in [0.25, 0.3) is 0 Å². The minimum Gasteiger partial charge on any atom is -0.457 e. The summed E-state index contributed by atoms with van der Waals surface area (Å²) in [5.74, 6) is -0.205. The summed E-state index contributed by atoms with van der Waals surface area (Å²) < 4.78 is 5.29. The Morgan fingerprint density at radius 2 is 1.79 bits per heavy atom. The summed E-state index contributed by atoms with van der Waals surface area (Å²) in [6.07, 6.45) is 5.77. The first-order valence-electron chi connectivity index (χ1n) is 7.03. The van der Waals surface area contributed by atoms with Crippen LogP contribution in [0.5, 0.6) is 0 Å². The number of ether oxygens (including phenoxy) is 1. The molecule has 0 saturated carbocycles. The maximum absolute atomic E-state index is 12.4. The van der Waals surface area contributed by atoms with E-state index in [0.717, 1.165) is 0 Å². The summed E-state index contributed by atoms with van der Waals surface area (Å²) >= 11 is 2.74. The van der Waals surface area contributed by atoms with Gasteiger partial charge in [0.15, 0.2) is 10.3 Å². The van der Waals surface area contributed by atoms with Gasteiger partial charge in [0, 0.05) is 6.20 Å². The summed E-state index contributed by atoms with van der Waals surface area (Å²) in [7, 11) is 0. The molecule has 0 bridgehead atoms. The fraction of sp³-hybridized carbons (Fsp3) is 0.357. The average Bonchev–Trinajstić information content (AvgIpc) is 2.59. The molecule has 0 unspecified atom stereocenters. The van der Waals surface area contributed by atoms with Crippen molar-refractivity contribution in [3.8, 4) is 0 Å². The van der Waals surface area contributed by atoms with Gasteiger partial charge in [0.2, 0.25) is 0 Å². The molecule has 0 atom stereocenters. The van der Waals surface area contributed by atoms with Gasteiger partial charge in [-0.2, -0.15) is 0 Å². The number of aryl methyl sites for hydroxylation is 1. The molecule has 8 nitrogen and oxygen atoms in total. The van der Waals surface area contributed by atoms with E-state index >= 15 is 0 Å². The molecule has 0 aromatic carbocycles. The highest BCUT2D eigenvalue weighted by molar-refractivity contribution is 7.98. The fourth-order valence-corrected chi connectivity index (χ4v) is 2.64. The lowest BCUT2D eigenvalue weighted by molar-refractivity contribution is 0.0471. The minimum absolute atomic E-state index is 0.0494. The largest absolute Gasteiger partial charge is 0.457 e. The first-order chi connectivity index (χ1) is 11.5. The number of nitrogens with two attached hydrogens (primary N) is 2. The highest BCUT2D eigenvalue weighted by Gasteiger charge is 2.20. The molecule has 2 aromatic rings. The number of rotatable bonds is 6. The number of hydrogen-bond acceptors (Lipinski definition) is 10. The first-order valence-corrected chi connectivity index (χ1v) is 9.47. The normalized spacial score (nSPS) is 10.6. The Morgan fingerprint density at radius 1 is 1.12 bits per heavy atom. The third kappa shape index (κ3) is 4.06. The van der Waals surface area contributed by atoms with Crippen molar-refractivity contribution in [2.24, 2.45) is 0 Å². The van der Waals surface area contributed by atoms with Crippen LogP contribution >= 0.6 is 23.5 Å². The Hall–Kier alpha value is -2.07. The van der Waals surface area contributed by atoms with E-state index in [2.05, 4.69) is 19.9 Å². The van der Waals surface area contributed by atoms with Crippen LogP contribution < -0.4 is 11.5 Å². The maximum atomic E-state index is 12.4. The van der Waals surface area contributed by atoms with Crippen molar-refractivity contribution in [1.82, 2.24) is 19.9 Å². The second kappa shape index (κ2) is 8.15. The van der Waals surface area contributed by atoms with Crippen LogP contribution in [-0.2, 0) is 17.8 Å². The highest BCUT2D eigenvalue weighted by Crippen LogP contribution is 2.21. The van der Waals surface area contributed by atoms with Crippen LogP contribution in [0.2, 0.25) is 0 Å². The molecule has 128 valence electrons. The zero-order chi connectivity index (χ0) is 17.7. The van der Waals surface area contributed by atoms with Gasteiger partial charge in [0.05, 0.1) is 11.3 Å². The second-order valence-corrected chi connectivity index (χ2v) is 6.16. The zero-order valence-electron chi connectivity index (χ0n) is 13.6. The lowest BCUT2D eigenvalue weighted by Gasteiger charge is -2.11. The third-order valence-electron chi connectivity index (χ3n) is 3.13. The molecule has 2 heterocycles. The predicted octanol–water partition coefficient (Wildman–Crippen LogP) is 1.79. The Labute approximate surface area is 148 Å². The molecule has 0 amide bonds. The molecule has 0 spiro atoms. The van der Waals surface area contributed by atoms with Crippen molar-refractivity contribution in [1.29, 1.82) is 0 Å². The number of nitrogen functional groups attached to an aromatic ring is 2. The van der Waals surface area contributed by atoms with Crippen LogP contribution in [0.15, 0.2) is 16.5 Å². The number of carbonyl (C=O) groups is 1. The predicted molar refractivity (Wildman–Crippen MR) is 94.9 cm³/mol. The van der Waals surface area contributed by atoms with E-state index in [-0.39, 0.29) is 23.8 Å². The topological polar surface area (TPSA) is 130 Å². The van der Waals surface area contributed by atoms with Crippen LogP contribution in [0, 0.1) is 0 Å². The van der Waals surface area contributed by atoms with E-state index in [1.165, 1.54) is 23.5 Å². The van der Waals surface area contributed by atoms with Gasteiger partial charge >= 0.3 is 5.97 Å². The first kappa shape index (κ1) is 18.3. The highest BCUT2D eigenvalue weighted by atomic mass is 32.2. The van der Waals surface area contributed by atoms with Gasteiger partial charge in [-0.3, -0.25) is 0 Å². The van der Waals surface area contributed by atoms with Gasteiger partial charge in [0.1, 0.15) is 23.8 Å². The third-order valence-corrected chi connectivity index (χ3v) is 4.24. The van der Waals surface area contributed by atoms with Gasteiger partial charge in [-0.05, 0) is 18.9 Å². The molecule has 0 aliphatic heterocycles. The Bertz CT molecular complexity index is 756. The lowest BCUT2D eigenvalue weighted by atomic mass is 10.1. The smallest absolute Gasteiger partial charge is 0.344 e. The van der Waals surface area contributed by atoms with Gasteiger partial charge in [-0.25, -0.2) is 24.7 Å². The van der Waals surface area contributed by atoms with Crippen LogP contribution in [0.4, 0.5) is 11.6 Å². The fourth-order valence-electron chi connectivity index (χ4n) is 1.90. The minimum atomic E-state index is -0.592. The molecule has 2 aromatic heterocycles. The molecule has 10 heteroatoms. The molecule has 0 aliphatic rings. The summed E-state index contributed by atoms with van der Waals surface area (Å²) in [4.78, 5) is 29.0. The van der Waals surface area contributed by atoms with E-state index in [9.17, 15) is 4.79 Å². The van der Waals surface area contributed by atoms with Crippen LogP contribution in [-0.4, -0.2) is 38.4 Å². The van der Waals surface area contributed by atoms with E-state index in [1.54, 1.807) is 6.20 Å². The number of nitrogens with zero attached hydrogens (tertiary/aromatic N) is 4. The lowest BCUT2D eigenvalue weighted by Crippen LogP contribution is -2.15. The molecule has 2 rings (SSSR count). The summed E-state index contributed by atoms with van der Waals surface area (Å²) in [6, 6.07) is 0. The molecule has 4 N–H and O–H groups in total. The molecule has 0 radical (unpaired) electrons. The van der Waals surface area contributed by atoms with Crippen molar-refractivity contribution in [3.63, 3.8) is 0 Å². The monoisotopic (exact) mass is 366 g/mol. The summed E-state index contributed by atoms with van der Waals surface area (Å²) in [5, 5.41) is 1.08. The number of thioether (sulfide) groups is 2. The van der Waals surface area contributed by atoms with E-state index in [4.69, 9.17) is 16.2 Å². The van der Waals surface area contributed by atoms with Gasteiger partial charge in [-0.1, -0.05) is 30.4 Å². The van der Waals surface area contributed by atoms with Crippen LogP contribution in [0.1, 0.15) is 28.5 Å². The molecular weight excluding hydrogens is 348 g/mol. The molecule has 0 aliphatic carbocycles. The van der Waals surface area contributed by atoms with Gasteiger partial charge < -0.3 is 16.2 Å².